The number of hydrogen-bond donors (Lipinski definition) is 1. The minimum atomic E-state index is -4.29. The van der Waals surface area contributed by atoms with E-state index in [9.17, 15) is 21.6 Å². The molecule has 8 heteroatoms. The summed E-state index contributed by atoms with van der Waals surface area (Å²) in [5.74, 6) is -0.471. The maximum atomic E-state index is 11.8. The third-order valence-electron chi connectivity index (χ3n) is 1.76. The lowest BCUT2D eigenvalue weighted by Crippen LogP contribution is -2.28. The van der Waals surface area contributed by atoms with E-state index in [1.807, 2.05) is 0 Å². The Bertz CT molecular complexity index is 279. The third kappa shape index (κ3) is 10.7. The second kappa shape index (κ2) is 7.50. The molecule has 0 aliphatic heterocycles. The minimum absolute atomic E-state index is 0.278. The summed E-state index contributed by atoms with van der Waals surface area (Å²) in [5, 5.41) is 0.781. The van der Waals surface area contributed by atoms with Crippen LogP contribution < -0.4 is 4.72 Å². The summed E-state index contributed by atoms with van der Waals surface area (Å²) in [7, 11) is -3.55. The first kappa shape index (κ1) is 16.2. The molecule has 1 N–H and O–H groups in total. The molecule has 0 saturated heterocycles. The van der Waals surface area contributed by atoms with E-state index in [4.69, 9.17) is 0 Å². The lowest BCUT2D eigenvalue weighted by Gasteiger charge is -2.07. The first-order chi connectivity index (χ1) is 7.27. The molecular weight excluding hydrogens is 311 g/mol. The maximum absolute atomic E-state index is 11.8. The SMILES string of the molecule is O=S(=O)(CCCC(F)(F)F)NCCCCBr. The quantitative estimate of drug-likeness (QED) is 0.550. The van der Waals surface area contributed by atoms with Crippen molar-refractivity contribution in [2.24, 2.45) is 0 Å². The Kier molecular flexibility index (Phi) is 7.58. The fourth-order valence-corrected chi connectivity index (χ4v) is 2.50. The molecule has 98 valence electrons. The van der Waals surface area contributed by atoms with Gasteiger partial charge in [0.05, 0.1) is 5.75 Å². The van der Waals surface area contributed by atoms with Crippen LogP contribution >= 0.6 is 15.9 Å². The molecule has 0 bridgehead atoms. The number of halogens is 4. The van der Waals surface area contributed by atoms with Crippen molar-refractivity contribution in [2.75, 3.05) is 17.6 Å². The van der Waals surface area contributed by atoms with Crippen LogP contribution in [0.1, 0.15) is 25.7 Å². The number of hydrogen-bond acceptors (Lipinski definition) is 2. The first-order valence-corrected chi connectivity index (χ1v) is 7.64. The predicted octanol–water partition coefficient (Wildman–Crippen LogP) is 2.42. The molecule has 0 heterocycles. The van der Waals surface area contributed by atoms with Gasteiger partial charge in [-0.15, -0.1) is 0 Å². The Hall–Kier alpha value is 0.180. The predicted molar refractivity (Wildman–Crippen MR) is 60.1 cm³/mol. The molecule has 0 unspecified atom stereocenters. The van der Waals surface area contributed by atoms with Gasteiger partial charge in [0.2, 0.25) is 10.0 Å². The molecule has 0 aliphatic rings. The number of sulfonamides is 1. The van der Waals surface area contributed by atoms with Crippen molar-refractivity contribution in [1.29, 1.82) is 0 Å². The minimum Gasteiger partial charge on any atom is -0.215 e. The second-order valence-corrected chi connectivity index (χ2v) is 6.05. The zero-order chi connectivity index (χ0) is 12.7. The van der Waals surface area contributed by atoms with E-state index < -0.39 is 34.8 Å². The van der Waals surface area contributed by atoms with Crippen LogP contribution in [0.4, 0.5) is 13.2 Å². The van der Waals surface area contributed by atoms with Gasteiger partial charge in [-0.05, 0) is 19.3 Å². The lowest BCUT2D eigenvalue weighted by atomic mass is 10.3. The molecular formula is C8H15BrF3NO2S. The van der Waals surface area contributed by atoms with Gasteiger partial charge in [0, 0.05) is 18.3 Å². The molecule has 0 atom stereocenters. The van der Waals surface area contributed by atoms with Crippen LogP contribution in [0.3, 0.4) is 0 Å². The Morgan fingerprint density at radius 3 is 2.25 bits per heavy atom. The van der Waals surface area contributed by atoms with E-state index in [0.717, 1.165) is 11.8 Å². The average Bonchev–Trinajstić information content (AvgIpc) is 2.10. The maximum Gasteiger partial charge on any atom is 0.389 e. The van der Waals surface area contributed by atoms with Crippen LogP contribution in [-0.2, 0) is 10.0 Å². The van der Waals surface area contributed by atoms with Crippen LogP contribution in [0, 0.1) is 0 Å². The van der Waals surface area contributed by atoms with Gasteiger partial charge in [-0.1, -0.05) is 15.9 Å². The monoisotopic (exact) mass is 325 g/mol. The van der Waals surface area contributed by atoms with Gasteiger partial charge in [0.15, 0.2) is 0 Å². The highest BCUT2D eigenvalue weighted by atomic mass is 79.9. The molecule has 0 aromatic carbocycles. The van der Waals surface area contributed by atoms with Crippen molar-refractivity contribution >= 4 is 26.0 Å². The van der Waals surface area contributed by atoms with E-state index in [2.05, 4.69) is 20.7 Å². The number of alkyl halides is 4. The molecule has 0 spiro atoms. The Balaban J connectivity index is 3.71. The van der Waals surface area contributed by atoms with Crippen molar-refractivity contribution in [3.05, 3.63) is 0 Å². The highest BCUT2D eigenvalue weighted by Gasteiger charge is 2.27. The summed E-state index contributed by atoms with van der Waals surface area (Å²) in [4.78, 5) is 0. The van der Waals surface area contributed by atoms with Gasteiger partial charge in [0.1, 0.15) is 0 Å². The summed E-state index contributed by atoms with van der Waals surface area (Å²) in [5.41, 5.74) is 0. The summed E-state index contributed by atoms with van der Waals surface area (Å²) >= 11 is 3.19. The van der Waals surface area contributed by atoms with Crippen LogP contribution in [0.2, 0.25) is 0 Å². The highest BCUT2D eigenvalue weighted by Crippen LogP contribution is 2.21. The van der Waals surface area contributed by atoms with Gasteiger partial charge in [-0.25, -0.2) is 13.1 Å². The zero-order valence-corrected chi connectivity index (χ0v) is 11.1. The molecule has 0 rings (SSSR count). The van der Waals surface area contributed by atoms with Gasteiger partial charge in [0.25, 0.3) is 0 Å². The van der Waals surface area contributed by atoms with Crippen LogP contribution in [-0.4, -0.2) is 32.2 Å². The molecule has 0 saturated carbocycles. The van der Waals surface area contributed by atoms with Crippen molar-refractivity contribution in [3.8, 4) is 0 Å². The molecule has 0 radical (unpaired) electrons. The zero-order valence-electron chi connectivity index (χ0n) is 8.69. The van der Waals surface area contributed by atoms with E-state index in [-0.39, 0.29) is 6.54 Å². The lowest BCUT2D eigenvalue weighted by molar-refractivity contribution is -0.134. The van der Waals surface area contributed by atoms with Gasteiger partial charge in [-0.2, -0.15) is 13.2 Å². The Morgan fingerprint density at radius 1 is 1.12 bits per heavy atom. The second-order valence-electron chi connectivity index (χ2n) is 3.33. The molecule has 0 aromatic heterocycles. The fourth-order valence-electron chi connectivity index (χ4n) is 0.982. The molecule has 0 aliphatic carbocycles. The van der Waals surface area contributed by atoms with E-state index in [1.54, 1.807) is 0 Å². The first-order valence-electron chi connectivity index (χ1n) is 4.87. The number of rotatable bonds is 8. The van der Waals surface area contributed by atoms with Crippen LogP contribution in [0.25, 0.3) is 0 Å². The van der Waals surface area contributed by atoms with Gasteiger partial charge < -0.3 is 0 Å². The normalized spacial score (nSPS) is 13.0. The summed E-state index contributed by atoms with van der Waals surface area (Å²) < 4.78 is 59.9. The molecule has 0 aromatic rings. The van der Waals surface area contributed by atoms with Crippen molar-refractivity contribution in [2.45, 2.75) is 31.9 Å². The fraction of sp³-hybridized carbons (Fsp3) is 1.00. The van der Waals surface area contributed by atoms with Crippen LogP contribution in [0.5, 0.6) is 0 Å². The molecule has 16 heavy (non-hydrogen) atoms. The average molecular weight is 326 g/mol. The van der Waals surface area contributed by atoms with E-state index in [0.29, 0.717) is 6.42 Å². The van der Waals surface area contributed by atoms with Gasteiger partial charge in [-0.3, -0.25) is 0 Å². The molecule has 0 amide bonds. The summed E-state index contributed by atoms with van der Waals surface area (Å²) in [6.07, 6.45) is -4.24. The smallest absolute Gasteiger partial charge is 0.215 e. The van der Waals surface area contributed by atoms with Gasteiger partial charge >= 0.3 is 6.18 Å². The largest absolute Gasteiger partial charge is 0.389 e. The van der Waals surface area contributed by atoms with E-state index in [1.165, 1.54) is 0 Å². The van der Waals surface area contributed by atoms with Crippen molar-refractivity contribution in [1.82, 2.24) is 4.72 Å². The Labute approximate surface area is 102 Å². The third-order valence-corrected chi connectivity index (χ3v) is 3.79. The number of unbranched alkanes of at least 4 members (excludes halogenated alkanes) is 1. The topological polar surface area (TPSA) is 46.2 Å². The van der Waals surface area contributed by atoms with E-state index >= 15 is 0 Å². The highest BCUT2D eigenvalue weighted by molar-refractivity contribution is 9.09. The standard InChI is InChI=1S/C8H15BrF3NO2S/c9-5-1-2-6-13-16(14,15)7-3-4-8(10,11)12/h13H,1-7H2. The Morgan fingerprint density at radius 2 is 1.75 bits per heavy atom. The molecule has 3 nitrogen and oxygen atoms in total. The number of nitrogens with one attached hydrogen (secondary N) is 1. The van der Waals surface area contributed by atoms with Crippen molar-refractivity contribution in [3.63, 3.8) is 0 Å². The summed E-state index contributed by atoms with van der Waals surface area (Å²) in [6, 6.07) is 0. The van der Waals surface area contributed by atoms with Crippen LogP contribution in [0.15, 0.2) is 0 Å². The molecule has 0 fully saturated rings. The summed E-state index contributed by atoms with van der Waals surface area (Å²) in [6.45, 7) is 0.278. The van der Waals surface area contributed by atoms with Crippen molar-refractivity contribution < 1.29 is 21.6 Å².